The van der Waals surface area contributed by atoms with Gasteiger partial charge in [-0.3, -0.25) is 9.59 Å². The van der Waals surface area contributed by atoms with Gasteiger partial charge in [0.25, 0.3) is 0 Å². The number of halogens is 1. The molecule has 0 saturated heterocycles. The van der Waals surface area contributed by atoms with Crippen molar-refractivity contribution in [1.29, 1.82) is 0 Å². The van der Waals surface area contributed by atoms with E-state index in [2.05, 4.69) is 5.32 Å². The maximum absolute atomic E-state index is 11.7. The fraction of sp³-hybridized carbons (Fsp3) is 0.429. The molecule has 0 aliphatic rings. The van der Waals surface area contributed by atoms with E-state index >= 15 is 0 Å². The highest BCUT2D eigenvalue weighted by atomic mass is 35.5. The molecule has 1 unspecified atom stereocenters. The van der Waals surface area contributed by atoms with Gasteiger partial charge in [0.2, 0.25) is 5.91 Å². The highest BCUT2D eigenvalue weighted by Gasteiger charge is 2.13. The van der Waals surface area contributed by atoms with Crippen LogP contribution in [0.4, 0.5) is 0 Å². The fourth-order valence-corrected chi connectivity index (χ4v) is 2.75. The zero-order valence-corrected chi connectivity index (χ0v) is 13.2. The molecular weight excluding hydrogens is 314 g/mol. The number of carboxylic acid groups (broad SMARTS) is 1. The van der Waals surface area contributed by atoms with E-state index < -0.39 is 12.1 Å². The van der Waals surface area contributed by atoms with Crippen molar-refractivity contribution >= 4 is 35.2 Å². The van der Waals surface area contributed by atoms with Gasteiger partial charge in [0, 0.05) is 30.7 Å². The van der Waals surface area contributed by atoms with Crippen molar-refractivity contribution < 1.29 is 19.4 Å². The van der Waals surface area contributed by atoms with Crippen LogP contribution in [0.25, 0.3) is 0 Å². The van der Waals surface area contributed by atoms with Gasteiger partial charge in [-0.25, -0.2) is 0 Å². The molecule has 1 amide bonds. The van der Waals surface area contributed by atoms with Gasteiger partial charge in [0.15, 0.2) is 0 Å². The summed E-state index contributed by atoms with van der Waals surface area (Å²) in [5, 5.41) is 12.0. The first-order valence-electron chi connectivity index (χ1n) is 6.41. The monoisotopic (exact) mass is 331 g/mol. The van der Waals surface area contributed by atoms with Crippen LogP contribution in [0.5, 0.6) is 0 Å². The number of carbonyl (C=O) groups is 2. The van der Waals surface area contributed by atoms with Gasteiger partial charge < -0.3 is 15.2 Å². The average molecular weight is 332 g/mol. The molecule has 0 fully saturated rings. The number of benzene rings is 1. The summed E-state index contributed by atoms with van der Waals surface area (Å²) >= 11 is 7.52. The molecule has 0 spiro atoms. The lowest BCUT2D eigenvalue weighted by atomic mass is 10.2. The van der Waals surface area contributed by atoms with Crippen LogP contribution in [-0.2, 0) is 14.3 Å². The standard InChI is InChI=1S/C14H18ClNO4S/c1-20-10(8-14(18)19)9-16-13(17)6-7-21-12-5-3-2-4-11(12)15/h2-5,10H,6-9H2,1H3,(H,16,17)(H,18,19). The van der Waals surface area contributed by atoms with E-state index in [-0.39, 0.29) is 18.9 Å². The third-order valence-electron chi connectivity index (χ3n) is 2.69. The van der Waals surface area contributed by atoms with Crippen LogP contribution >= 0.6 is 23.4 Å². The number of carboxylic acids is 1. The van der Waals surface area contributed by atoms with Gasteiger partial charge in [0.1, 0.15) is 0 Å². The molecule has 1 rings (SSSR count). The minimum Gasteiger partial charge on any atom is -0.481 e. The number of amides is 1. The lowest BCUT2D eigenvalue weighted by Crippen LogP contribution is -2.34. The third kappa shape index (κ3) is 7.36. The second-order valence-electron chi connectivity index (χ2n) is 4.29. The minimum absolute atomic E-state index is 0.134. The summed E-state index contributed by atoms with van der Waals surface area (Å²) in [6, 6.07) is 7.45. The van der Waals surface area contributed by atoms with Crippen LogP contribution in [0.2, 0.25) is 5.02 Å². The summed E-state index contributed by atoms with van der Waals surface area (Å²) in [5.41, 5.74) is 0. The van der Waals surface area contributed by atoms with E-state index in [9.17, 15) is 9.59 Å². The summed E-state index contributed by atoms with van der Waals surface area (Å²) in [7, 11) is 1.42. The zero-order valence-electron chi connectivity index (χ0n) is 11.7. The van der Waals surface area contributed by atoms with Crippen LogP contribution in [0.15, 0.2) is 29.2 Å². The number of aliphatic carboxylic acids is 1. The SMILES string of the molecule is COC(CNC(=O)CCSc1ccccc1Cl)CC(=O)O. The van der Waals surface area contributed by atoms with Crippen LogP contribution in [-0.4, -0.2) is 42.5 Å². The highest BCUT2D eigenvalue weighted by Crippen LogP contribution is 2.26. The molecule has 0 aliphatic carbocycles. The number of nitrogens with one attached hydrogen (secondary N) is 1. The van der Waals surface area contributed by atoms with Crippen LogP contribution in [0.1, 0.15) is 12.8 Å². The molecule has 0 bridgehead atoms. The molecule has 21 heavy (non-hydrogen) atoms. The Morgan fingerprint density at radius 3 is 2.76 bits per heavy atom. The number of methoxy groups -OCH3 is 1. The molecule has 116 valence electrons. The average Bonchev–Trinajstić information content (AvgIpc) is 2.45. The maximum atomic E-state index is 11.7. The smallest absolute Gasteiger partial charge is 0.306 e. The third-order valence-corrected chi connectivity index (χ3v) is 4.20. The number of rotatable bonds is 9. The van der Waals surface area contributed by atoms with Crippen molar-refractivity contribution in [3.63, 3.8) is 0 Å². The van der Waals surface area contributed by atoms with Crippen molar-refractivity contribution in [3.8, 4) is 0 Å². The summed E-state index contributed by atoms with van der Waals surface area (Å²) < 4.78 is 4.98. The van der Waals surface area contributed by atoms with Crippen molar-refractivity contribution in [2.45, 2.75) is 23.8 Å². The van der Waals surface area contributed by atoms with Gasteiger partial charge in [0.05, 0.1) is 17.5 Å². The van der Waals surface area contributed by atoms with Gasteiger partial charge in [-0.2, -0.15) is 0 Å². The fourth-order valence-electron chi connectivity index (χ4n) is 1.57. The quantitative estimate of drug-likeness (QED) is 0.680. The first kappa shape index (κ1) is 17.8. The summed E-state index contributed by atoms with van der Waals surface area (Å²) in [6.45, 7) is 0.193. The first-order valence-corrected chi connectivity index (χ1v) is 7.78. The molecule has 0 radical (unpaired) electrons. The second kappa shape index (κ2) is 9.65. The van der Waals surface area contributed by atoms with E-state index in [0.717, 1.165) is 4.90 Å². The van der Waals surface area contributed by atoms with Gasteiger partial charge in [-0.05, 0) is 12.1 Å². The molecule has 1 aromatic rings. The number of thioether (sulfide) groups is 1. The predicted octanol–water partition coefficient (Wildman–Crippen LogP) is 2.43. The highest BCUT2D eigenvalue weighted by molar-refractivity contribution is 7.99. The van der Waals surface area contributed by atoms with E-state index in [0.29, 0.717) is 17.2 Å². The molecular formula is C14H18ClNO4S. The Kier molecular flexibility index (Phi) is 8.19. The zero-order chi connectivity index (χ0) is 15.7. The molecule has 1 atom stereocenters. The Bertz CT molecular complexity index is 484. The second-order valence-corrected chi connectivity index (χ2v) is 5.83. The van der Waals surface area contributed by atoms with Crippen LogP contribution in [0.3, 0.4) is 0 Å². The Hall–Kier alpha value is -1.24. The number of hydrogen-bond acceptors (Lipinski definition) is 4. The Morgan fingerprint density at radius 2 is 2.14 bits per heavy atom. The Balaban J connectivity index is 2.25. The van der Waals surface area contributed by atoms with E-state index in [1.165, 1.54) is 18.9 Å². The lowest BCUT2D eigenvalue weighted by Gasteiger charge is -2.13. The summed E-state index contributed by atoms with van der Waals surface area (Å²) in [5.74, 6) is -0.487. The molecule has 7 heteroatoms. The molecule has 0 heterocycles. The number of hydrogen-bond donors (Lipinski definition) is 2. The van der Waals surface area contributed by atoms with Crippen molar-refractivity contribution in [1.82, 2.24) is 5.32 Å². The van der Waals surface area contributed by atoms with Gasteiger partial charge >= 0.3 is 5.97 Å². The molecule has 2 N–H and O–H groups in total. The number of carbonyl (C=O) groups excluding carboxylic acids is 1. The molecule has 0 saturated carbocycles. The number of ether oxygens (including phenoxy) is 1. The van der Waals surface area contributed by atoms with E-state index in [4.69, 9.17) is 21.4 Å². The summed E-state index contributed by atoms with van der Waals surface area (Å²) in [4.78, 5) is 23.2. The van der Waals surface area contributed by atoms with Crippen LogP contribution < -0.4 is 5.32 Å². The minimum atomic E-state index is -0.953. The Labute approximate surface area is 133 Å². The molecule has 0 aromatic heterocycles. The Morgan fingerprint density at radius 1 is 1.43 bits per heavy atom. The maximum Gasteiger partial charge on any atom is 0.306 e. The van der Waals surface area contributed by atoms with Crippen molar-refractivity contribution in [3.05, 3.63) is 29.3 Å². The van der Waals surface area contributed by atoms with E-state index in [1.807, 2.05) is 18.2 Å². The molecule has 1 aromatic carbocycles. The van der Waals surface area contributed by atoms with Crippen LogP contribution in [0, 0.1) is 0 Å². The van der Waals surface area contributed by atoms with Gasteiger partial charge in [-0.1, -0.05) is 23.7 Å². The van der Waals surface area contributed by atoms with Gasteiger partial charge in [-0.15, -0.1) is 11.8 Å². The summed E-state index contributed by atoms with van der Waals surface area (Å²) in [6.07, 6.45) is -0.312. The molecule has 0 aliphatic heterocycles. The normalized spacial score (nSPS) is 11.9. The lowest BCUT2D eigenvalue weighted by molar-refractivity contribution is -0.140. The topological polar surface area (TPSA) is 75.6 Å². The first-order chi connectivity index (χ1) is 10.0. The van der Waals surface area contributed by atoms with E-state index in [1.54, 1.807) is 6.07 Å². The van der Waals surface area contributed by atoms with Crippen molar-refractivity contribution in [2.75, 3.05) is 19.4 Å². The predicted molar refractivity (Wildman–Crippen MR) is 82.9 cm³/mol. The van der Waals surface area contributed by atoms with Crippen molar-refractivity contribution in [2.24, 2.45) is 0 Å². The molecule has 5 nitrogen and oxygen atoms in total. The largest absolute Gasteiger partial charge is 0.481 e.